The molecule has 1 aliphatic rings. The van der Waals surface area contributed by atoms with E-state index in [2.05, 4.69) is 29.3 Å². The van der Waals surface area contributed by atoms with Crippen molar-refractivity contribution in [3.05, 3.63) is 58.6 Å². The van der Waals surface area contributed by atoms with Crippen LogP contribution in [0.3, 0.4) is 0 Å². The number of ether oxygens (including phenoxy) is 2. The second kappa shape index (κ2) is 11.5. The highest BCUT2D eigenvalue weighted by Crippen LogP contribution is 2.35. The van der Waals surface area contributed by atoms with E-state index in [-0.39, 0.29) is 18.4 Å². The second-order valence-corrected chi connectivity index (χ2v) is 8.24. The maximum atomic E-state index is 11.4. The summed E-state index contributed by atoms with van der Waals surface area (Å²) >= 11 is 6.05. The molecule has 1 aliphatic heterocycles. The third kappa shape index (κ3) is 6.43. The molecule has 0 spiro atoms. The molecule has 0 aliphatic carbocycles. The van der Waals surface area contributed by atoms with E-state index in [1.54, 1.807) is 7.11 Å². The van der Waals surface area contributed by atoms with Crippen LogP contribution in [0.4, 0.5) is 11.4 Å². The van der Waals surface area contributed by atoms with E-state index in [0.717, 1.165) is 49.7 Å². The van der Waals surface area contributed by atoms with Gasteiger partial charge in [-0.3, -0.25) is 9.69 Å². The number of carboxylic acid groups (broad SMARTS) is 1. The number of methoxy groups -OCH3 is 1. The van der Waals surface area contributed by atoms with Crippen LogP contribution in [0.1, 0.15) is 42.9 Å². The molecule has 2 N–H and O–H groups in total. The normalized spacial score (nSPS) is 16.6. The number of carboxylic acids is 1. The molecule has 6 nitrogen and oxygen atoms in total. The number of nitrogens with one attached hydrogen (secondary N) is 1. The van der Waals surface area contributed by atoms with Crippen molar-refractivity contribution in [2.75, 3.05) is 45.3 Å². The van der Waals surface area contributed by atoms with E-state index in [4.69, 9.17) is 21.1 Å². The summed E-state index contributed by atoms with van der Waals surface area (Å²) in [6.45, 7) is 5.81. The van der Waals surface area contributed by atoms with Gasteiger partial charge in [-0.2, -0.15) is 0 Å². The molecule has 3 rings (SSSR count). The number of nitrogens with zero attached hydrogens (tertiary/aromatic N) is 1. The Morgan fingerprint density at radius 3 is 2.55 bits per heavy atom. The van der Waals surface area contributed by atoms with E-state index in [0.29, 0.717) is 11.6 Å². The highest BCUT2D eigenvalue weighted by Gasteiger charge is 2.25. The maximum Gasteiger partial charge on any atom is 0.304 e. The molecule has 0 radical (unpaired) electrons. The molecule has 0 saturated carbocycles. The van der Waals surface area contributed by atoms with Crippen molar-refractivity contribution >= 4 is 28.9 Å². The van der Waals surface area contributed by atoms with Gasteiger partial charge in [0.05, 0.1) is 26.2 Å². The molecule has 0 amide bonds. The van der Waals surface area contributed by atoms with Crippen LogP contribution in [-0.2, 0) is 14.3 Å². The zero-order valence-corrected chi connectivity index (χ0v) is 18.9. The van der Waals surface area contributed by atoms with Gasteiger partial charge in [-0.1, -0.05) is 30.7 Å². The first-order valence-corrected chi connectivity index (χ1v) is 11.1. The van der Waals surface area contributed by atoms with Crippen LogP contribution in [0.25, 0.3) is 0 Å². The minimum absolute atomic E-state index is 0.0221. The molecule has 168 valence electrons. The van der Waals surface area contributed by atoms with E-state index in [1.165, 1.54) is 5.56 Å². The van der Waals surface area contributed by atoms with Gasteiger partial charge in [0, 0.05) is 48.6 Å². The van der Waals surface area contributed by atoms with Crippen LogP contribution < -0.4 is 5.32 Å². The number of benzene rings is 2. The SMILES string of the molecule is CC[C@H](c1ccc(C(COC)CC(=O)O)cc1Nc1ccc(Cl)cc1)N1CCOCC1. The number of rotatable bonds is 10. The van der Waals surface area contributed by atoms with E-state index in [9.17, 15) is 9.90 Å². The summed E-state index contributed by atoms with van der Waals surface area (Å²) in [6.07, 6.45) is 0.986. The Morgan fingerprint density at radius 1 is 1.23 bits per heavy atom. The summed E-state index contributed by atoms with van der Waals surface area (Å²) in [6, 6.07) is 14.1. The average Bonchev–Trinajstić information content (AvgIpc) is 2.77. The van der Waals surface area contributed by atoms with Gasteiger partial charge in [0.25, 0.3) is 0 Å². The van der Waals surface area contributed by atoms with Gasteiger partial charge in [0.2, 0.25) is 0 Å². The third-order valence-electron chi connectivity index (χ3n) is 5.69. The second-order valence-electron chi connectivity index (χ2n) is 7.80. The summed E-state index contributed by atoms with van der Waals surface area (Å²) in [5.74, 6) is -1.05. The Bertz CT molecular complexity index is 853. The Hall–Kier alpha value is -2.12. The third-order valence-corrected chi connectivity index (χ3v) is 5.94. The lowest BCUT2D eigenvalue weighted by atomic mass is 9.91. The molecule has 2 aromatic carbocycles. The minimum Gasteiger partial charge on any atom is -0.481 e. The van der Waals surface area contributed by atoms with Crippen molar-refractivity contribution in [3.8, 4) is 0 Å². The van der Waals surface area contributed by atoms with Crippen LogP contribution >= 0.6 is 11.6 Å². The monoisotopic (exact) mass is 446 g/mol. The molecule has 1 fully saturated rings. The van der Waals surface area contributed by atoms with Gasteiger partial charge in [0.1, 0.15) is 0 Å². The zero-order valence-electron chi connectivity index (χ0n) is 18.1. The van der Waals surface area contributed by atoms with Crippen LogP contribution in [0.15, 0.2) is 42.5 Å². The Morgan fingerprint density at radius 2 is 1.94 bits per heavy atom. The smallest absolute Gasteiger partial charge is 0.304 e. The summed E-state index contributed by atoms with van der Waals surface area (Å²) in [4.78, 5) is 13.8. The van der Waals surface area contributed by atoms with Crippen molar-refractivity contribution in [2.45, 2.75) is 31.7 Å². The molecule has 2 atom stereocenters. The number of halogens is 1. The fourth-order valence-electron chi connectivity index (χ4n) is 4.16. The first-order valence-electron chi connectivity index (χ1n) is 10.7. The molecule has 1 heterocycles. The number of anilines is 2. The van der Waals surface area contributed by atoms with E-state index < -0.39 is 5.97 Å². The van der Waals surface area contributed by atoms with Gasteiger partial charge >= 0.3 is 5.97 Å². The molecule has 1 saturated heterocycles. The van der Waals surface area contributed by atoms with Crippen LogP contribution in [0.5, 0.6) is 0 Å². The minimum atomic E-state index is -0.835. The van der Waals surface area contributed by atoms with Crippen molar-refractivity contribution in [3.63, 3.8) is 0 Å². The molecule has 7 heteroatoms. The van der Waals surface area contributed by atoms with Crippen molar-refractivity contribution in [2.24, 2.45) is 0 Å². The fourth-order valence-corrected chi connectivity index (χ4v) is 4.29. The van der Waals surface area contributed by atoms with Gasteiger partial charge in [-0.05, 0) is 47.9 Å². The van der Waals surface area contributed by atoms with Gasteiger partial charge in [-0.25, -0.2) is 0 Å². The van der Waals surface area contributed by atoms with Crippen LogP contribution in [0, 0.1) is 0 Å². The molecule has 2 aromatic rings. The largest absolute Gasteiger partial charge is 0.481 e. The number of hydrogen-bond acceptors (Lipinski definition) is 5. The van der Waals surface area contributed by atoms with Crippen LogP contribution in [-0.4, -0.2) is 56.0 Å². The summed E-state index contributed by atoms with van der Waals surface area (Å²) < 4.78 is 10.8. The zero-order chi connectivity index (χ0) is 22.2. The lowest BCUT2D eigenvalue weighted by Gasteiger charge is -2.35. The standard InChI is InChI=1S/C24H31ClN2O4/c1-3-23(27-10-12-31-13-11-27)21-9-4-17(18(16-30-2)15-24(28)29)14-22(21)26-20-7-5-19(25)6-8-20/h4-9,14,18,23,26H,3,10-13,15-16H2,1-2H3,(H,28,29)/t18?,23-/m1/s1. The fraction of sp³-hybridized carbons (Fsp3) is 0.458. The van der Waals surface area contributed by atoms with Gasteiger partial charge in [-0.15, -0.1) is 0 Å². The van der Waals surface area contributed by atoms with Crippen molar-refractivity contribution in [1.82, 2.24) is 4.90 Å². The lowest BCUT2D eigenvalue weighted by molar-refractivity contribution is -0.137. The molecule has 0 bridgehead atoms. The summed E-state index contributed by atoms with van der Waals surface area (Å²) in [5, 5.41) is 13.6. The van der Waals surface area contributed by atoms with E-state index >= 15 is 0 Å². The average molecular weight is 447 g/mol. The highest BCUT2D eigenvalue weighted by atomic mass is 35.5. The van der Waals surface area contributed by atoms with Crippen molar-refractivity contribution in [1.29, 1.82) is 0 Å². The van der Waals surface area contributed by atoms with Crippen molar-refractivity contribution < 1.29 is 19.4 Å². The number of morpholine rings is 1. The topological polar surface area (TPSA) is 71.0 Å². The highest BCUT2D eigenvalue weighted by molar-refractivity contribution is 6.30. The Balaban J connectivity index is 1.99. The van der Waals surface area contributed by atoms with Crippen LogP contribution in [0.2, 0.25) is 5.02 Å². The number of hydrogen-bond donors (Lipinski definition) is 2. The number of carbonyl (C=O) groups is 1. The first-order chi connectivity index (χ1) is 15.0. The quantitative estimate of drug-likeness (QED) is 0.530. The first kappa shape index (κ1) is 23.5. The predicted molar refractivity (Wildman–Crippen MR) is 123 cm³/mol. The van der Waals surface area contributed by atoms with E-state index in [1.807, 2.05) is 30.3 Å². The maximum absolute atomic E-state index is 11.4. The Kier molecular flexibility index (Phi) is 8.72. The summed E-state index contributed by atoms with van der Waals surface area (Å²) in [7, 11) is 1.60. The molecule has 1 unspecified atom stereocenters. The predicted octanol–water partition coefficient (Wildman–Crippen LogP) is 5.07. The molecular formula is C24H31ClN2O4. The molecular weight excluding hydrogens is 416 g/mol. The van der Waals surface area contributed by atoms with Gasteiger partial charge < -0.3 is 19.9 Å². The summed E-state index contributed by atoms with van der Waals surface area (Å²) in [5.41, 5.74) is 4.04. The van der Waals surface area contributed by atoms with Gasteiger partial charge in [0.15, 0.2) is 0 Å². The Labute approximate surface area is 189 Å². The molecule has 0 aromatic heterocycles. The number of aliphatic carboxylic acids is 1. The molecule has 31 heavy (non-hydrogen) atoms. The lowest BCUT2D eigenvalue weighted by Crippen LogP contribution is -2.39.